The molecule has 0 aromatic rings. The summed E-state index contributed by atoms with van der Waals surface area (Å²) < 4.78 is 10.4. The second kappa shape index (κ2) is 4.25. The quantitative estimate of drug-likeness (QED) is 0.618. The van der Waals surface area contributed by atoms with Crippen LogP contribution in [0.25, 0.3) is 0 Å². The SMILES string of the molecule is NCC1COCC(=O)N1C1CCOC1. The minimum Gasteiger partial charge on any atom is -0.379 e. The molecule has 2 fully saturated rings. The van der Waals surface area contributed by atoms with Crippen LogP contribution in [0.1, 0.15) is 6.42 Å². The van der Waals surface area contributed by atoms with Crippen molar-refractivity contribution in [2.24, 2.45) is 5.73 Å². The molecule has 2 rings (SSSR count). The van der Waals surface area contributed by atoms with Crippen molar-refractivity contribution in [3.63, 3.8) is 0 Å². The first-order valence-electron chi connectivity index (χ1n) is 4.99. The molecule has 0 aliphatic carbocycles. The molecular weight excluding hydrogens is 184 g/mol. The van der Waals surface area contributed by atoms with Crippen molar-refractivity contribution < 1.29 is 14.3 Å². The van der Waals surface area contributed by atoms with Crippen LogP contribution < -0.4 is 5.73 Å². The predicted octanol–water partition coefficient (Wildman–Crippen LogP) is -1.04. The highest BCUT2D eigenvalue weighted by Crippen LogP contribution is 2.18. The van der Waals surface area contributed by atoms with Gasteiger partial charge in [-0.1, -0.05) is 0 Å². The highest BCUT2D eigenvalue weighted by molar-refractivity contribution is 5.78. The number of rotatable bonds is 2. The monoisotopic (exact) mass is 200 g/mol. The summed E-state index contributed by atoms with van der Waals surface area (Å²) in [6.07, 6.45) is 0.919. The van der Waals surface area contributed by atoms with Crippen LogP contribution in [0.15, 0.2) is 0 Å². The molecule has 0 aromatic carbocycles. The minimum atomic E-state index is 0.0305. The number of nitrogens with zero attached hydrogens (tertiary/aromatic N) is 1. The van der Waals surface area contributed by atoms with E-state index in [1.54, 1.807) is 0 Å². The lowest BCUT2D eigenvalue weighted by Gasteiger charge is -2.38. The molecule has 0 saturated carbocycles. The van der Waals surface area contributed by atoms with Gasteiger partial charge in [-0.2, -0.15) is 0 Å². The molecule has 5 nitrogen and oxygen atoms in total. The third-order valence-corrected chi connectivity index (χ3v) is 2.79. The van der Waals surface area contributed by atoms with E-state index in [-0.39, 0.29) is 24.6 Å². The van der Waals surface area contributed by atoms with Crippen molar-refractivity contribution in [1.29, 1.82) is 0 Å². The maximum absolute atomic E-state index is 11.6. The van der Waals surface area contributed by atoms with E-state index >= 15 is 0 Å². The zero-order chi connectivity index (χ0) is 9.97. The van der Waals surface area contributed by atoms with Gasteiger partial charge >= 0.3 is 0 Å². The molecule has 0 radical (unpaired) electrons. The maximum atomic E-state index is 11.6. The van der Waals surface area contributed by atoms with E-state index in [1.165, 1.54) is 0 Å². The Labute approximate surface area is 83.1 Å². The molecule has 0 spiro atoms. The van der Waals surface area contributed by atoms with Crippen molar-refractivity contribution >= 4 is 5.91 Å². The lowest BCUT2D eigenvalue weighted by molar-refractivity contribution is -0.151. The van der Waals surface area contributed by atoms with Gasteiger partial charge in [0.2, 0.25) is 5.91 Å². The summed E-state index contributed by atoms with van der Waals surface area (Å²) in [5.74, 6) is 0.0437. The Morgan fingerprint density at radius 2 is 2.29 bits per heavy atom. The number of hydrogen-bond acceptors (Lipinski definition) is 4. The van der Waals surface area contributed by atoms with Crippen LogP contribution in [0.5, 0.6) is 0 Å². The Bertz CT molecular complexity index is 214. The summed E-state index contributed by atoms with van der Waals surface area (Å²) in [4.78, 5) is 13.5. The fourth-order valence-electron chi connectivity index (χ4n) is 2.07. The van der Waals surface area contributed by atoms with Crippen molar-refractivity contribution in [2.45, 2.75) is 18.5 Å². The molecule has 0 bridgehead atoms. The highest BCUT2D eigenvalue weighted by atomic mass is 16.5. The summed E-state index contributed by atoms with van der Waals surface area (Å²) in [5, 5.41) is 0. The lowest BCUT2D eigenvalue weighted by Crippen LogP contribution is -2.57. The molecule has 1 amide bonds. The Morgan fingerprint density at radius 1 is 1.43 bits per heavy atom. The van der Waals surface area contributed by atoms with E-state index in [9.17, 15) is 4.79 Å². The van der Waals surface area contributed by atoms with Crippen LogP contribution in [0.3, 0.4) is 0 Å². The van der Waals surface area contributed by atoms with E-state index in [2.05, 4.69) is 0 Å². The number of morpholine rings is 1. The van der Waals surface area contributed by atoms with Crippen molar-refractivity contribution in [3.05, 3.63) is 0 Å². The first kappa shape index (κ1) is 9.89. The van der Waals surface area contributed by atoms with Gasteiger partial charge in [0.05, 0.1) is 25.3 Å². The number of amides is 1. The topological polar surface area (TPSA) is 64.8 Å². The van der Waals surface area contributed by atoms with Gasteiger partial charge in [-0.15, -0.1) is 0 Å². The molecule has 2 heterocycles. The predicted molar refractivity (Wildman–Crippen MR) is 49.7 cm³/mol. The van der Waals surface area contributed by atoms with Gasteiger partial charge in [0, 0.05) is 13.2 Å². The van der Waals surface area contributed by atoms with Gasteiger partial charge in [0.25, 0.3) is 0 Å². The second-order valence-electron chi connectivity index (χ2n) is 3.72. The van der Waals surface area contributed by atoms with Crippen LogP contribution in [0.2, 0.25) is 0 Å². The zero-order valence-electron chi connectivity index (χ0n) is 8.15. The van der Waals surface area contributed by atoms with Crippen molar-refractivity contribution in [2.75, 3.05) is 33.0 Å². The van der Waals surface area contributed by atoms with E-state index in [0.29, 0.717) is 19.8 Å². The maximum Gasteiger partial charge on any atom is 0.249 e. The van der Waals surface area contributed by atoms with E-state index in [0.717, 1.165) is 13.0 Å². The second-order valence-corrected chi connectivity index (χ2v) is 3.72. The van der Waals surface area contributed by atoms with E-state index in [1.807, 2.05) is 4.90 Å². The first-order chi connectivity index (χ1) is 6.83. The molecule has 5 heteroatoms. The number of carbonyl (C=O) groups is 1. The number of hydrogen-bond donors (Lipinski definition) is 1. The lowest BCUT2D eigenvalue weighted by atomic mass is 10.1. The van der Waals surface area contributed by atoms with Gasteiger partial charge < -0.3 is 20.1 Å². The average molecular weight is 200 g/mol. The summed E-state index contributed by atoms with van der Waals surface area (Å²) in [7, 11) is 0. The van der Waals surface area contributed by atoms with Crippen LogP contribution >= 0.6 is 0 Å². The van der Waals surface area contributed by atoms with E-state index < -0.39 is 0 Å². The summed E-state index contributed by atoms with van der Waals surface area (Å²) in [6, 6.07) is 0.239. The van der Waals surface area contributed by atoms with Crippen molar-refractivity contribution in [1.82, 2.24) is 4.90 Å². The van der Waals surface area contributed by atoms with Crippen molar-refractivity contribution in [3.8, 4) is 0 Å². The molecule has 2 unspecified atom stereocenters. The normalized spacial score (nSPS) is 33.8. The fraction of sp³-hybridized carbons (Fsp3) is 0.889. The van der Waals surface area contributed by atoms with Crippen LogP contribution in [-0.4, -0.2) is 55.9 Å². The summed E-state index contributed by atoms with van der Waals surface area (Å²) in [5.41, 5.74) is 5.61. The smallest absolute Gasteiger partial charge is 0.249 e. The first-order valence-corrected chi connectivity index (χ1v) is 4.99. The summed E-state index contributed by atoms with van der Waals surface area (Å²) >= 11 is 0. The number of carbonyl (C=O) groups excluding carboxylic acids is 1. The highest BCUT2D eigenvalue weighted by Gasteiger charge is 2.35. The largest absolute Gasteiger partial charge is 0.379 e. The molecule has 14 heavy (non-hydrogen) atoms. The van der Waals surface area contributed by atoms with Gasteiger partial charge in [-0.3, -0.25) is 4.79 Å². The summed E-state index contributed by atoms with van der Waals surface area (Å²) in [6.45, 7) is 2.59. The molecule has 0 aromatic heterocycles. The van der Waals surface area contributed by atoms with Crippen LogP contribution in [0, 0.1) is 0 Å². The molecule has 2 aliphatic heterocycles. The Hall–Kier alpha value is -0.650. The van der Waals surface area contributed by atoms with Crippen LogP contribution in [-0.2, 0) is 14.3 Å². The van der Waals surface area contributed by atoms with Gasteiger partial charge in [0.1, 0.15) is 6.61 Å². The standard InChI is InChI=1S/C9H16N2O3/c10-3-8-5-14-6-9(12)11(8)7-1-2-13-4-7/h7-8H,1-6,10H2. The minimum absolute atomic E-state index is 0.0305. The molecular formula is C9H16N2O3. The Kier molecular flexibility index (Phi) is 3.00. The average Bonchev–Trinajstić information content (AvgIpc) is 2.70. The molecule has 2 saturated heterocycles. The Morgan fingerprint density at radius 3 is 2.93 bits per heavy atom. The Balaban J connectivity index is 2.06. The van der Waals surface area contributed by atoms with Gasteiger partial charge in [-0.05, 0) is 6.42 Å². The molecule has 2 aliphatic rings. The number of nitrogens with two attached hydrogens (primary N) is 1. The fourth-order valence-corrected chi connectivity index (χ4v) is 2.07. The van der Waals surface area contributed by atoms with Crippen LogP contribution in [0.4, 0.5) is 0 Å². The van der Waals surface area contributed by atoms with Gasteiger partial charge in [-0.25, -0.2) is 0 Å². The zero-order valence-corrected chi connectivity index (χ0v) is 8.15. The molecule has 80 valence electrons. The molecule has 2 atom stereocenters. The third kappa shape index (κ3) is 1.75. The van der Waals surface area contributed by atoms with Gasteiger partial charge in [0.15, 0.2) is 0 Å². The molecule has 2 N–H and O–H groups in total. The van der Waals surface area contributed by atoms with E-state index in [4.69, 9.17) is 15.2 Å². The number of ether oxygens (including phenoxy) is 2. The third-order valence-electron chi connectivity index (χ3n) is 2.79.